The maximum absolute atomic E-state index is 12.9. The van der Waals surface area contributed by atoms with Gasteiger partial charge in [0.25, 0.3) is 0 Å². The molecule has 16 heavy (non-hydrogen) atoms. The highest BCUT2D eigenvalue weighted by Crippen LogP contribution is 2.33. The Labute approximate surface area is 89.7 Å². The first-order valence-electron chi connectivity index (χ1n) is 4.53. The van der Waals surface area contributed by atoms with Crippen LogP contribution in [0.1, 0.15) is 24.2 Å². The van der Waals surface area contributed by atoms with Crippen molar-refractivity contribution in [1.82, 2.24) is 0 Å². The molecule has 0 bridgehead atoms. The second-order valence-corrected chi connectivity index (χ2v) is 3.54. The van der Waals surface area contributed by atoms with E-state index in [9.17, 15) is 22.7 Å². The second-order valence-electron chi connectivity index (χ2n) is 3.54. The van der Waals surface area contributed by atoms with Crippen LogP contribution in [0, 0.1) is 5.82 Å². The zero-order valence-corrected chi connectivity index (χ0v) is 8.42. The van der Waals surface area contributed by atoms with Crippen molar-refractivity contribution in [2.75, 3.05) is 0 Å². The van der Waals surface area contributed by atoms with Crippen LogP contribution >= 0.6 is 0 Å². The topological polar surface area (TPSA) is 46.2 Å². The largest absolute Gasteiger partial charge is 0.419 e. The van der Waals surface area contributed by atoms with Gasteiger partial charge in [0.05, 0.1) is 11.7 Å². The Bertz CT molecular complexity index is 376. The smallest absolute Gasteiger partial charge is 0.387 e. The van der Waals surface area contributed by atoms with Crippen LogP contribution in [-0.4, -0.2) is 11.1 Å². The summed E-state index contributed by atoms with van der Waals surface area (Å²) < 4.78 is 49.9. The number of rotatable bonds is 2. The van der Waals surface area contributed by atoms with Gasteiger partial charge in [0.15, 0.2) is 0 Å². The molecule has 1 aromatic carbocycles. The molecule has 2 atom stereocenters. The van der Waals surface area contributed by atoms with E-state index in [1.807, 2.05) is 0 Å². The molecule has 0 aliphatic carbocycles. The third-order valence-electron chi connectivity index (χ3n) is 2.14. The van der Waals surface area contributed by atoms with Gasteiger partial charge in [0.2, 0.25) is 0 Å². The van der Waals surface area contributed by atoms with Crippen molar-refractivity contribution in [1.29, 1.82) is 0 Å². The molecular weight excluding hydrogens is 226 g/mol. The van der Waals surface area contributed by atoms with Crippen molar-refractivity contribution < 1.29 is 22.7 Å². The molecule has 0 aliphatic heterocycles. The number of alkyl halides is 3. The molecule has 0 fully saturated rings. The average Bonchev–Trinajstić information content (AvgIpc) is 2.15. The average molecular weight is 237 g/mol. The van der Waals surface area contributed by atoms with Crippen LogP contribution in [-0.2, 0) is 6.18 Å². The van der Waals surface area contributed by atoms with Gasteiger partial charge in [-0.05, 0) is 24.6 Å². The lowest BCUT2D eigenvalue weighted by molar-refractivity contribution is -0.140. The summed E-state index contributed by atoms with van der Waals surface area (Å²) in [5.74, 6) is -1.37. The van der Waals surface area contributed by atoms with Gasteiger partial charge in [-0.1, -0.05) is 6.07 Å². The molecule has 0 heterocycles. The number of aliphatic hydroxyl groups excluding tert-OH is 1. The predicted molar refractivity (Wildman–Crippen MR) is 50.0 cm³/mol. The van der Waals surface area contributed by atoms with E-state index in [0.717, 1.165) is 6.07 Å². The molecule has 0 radical (unpaired) electrons. The van der Waals surface area contributed by atoms with Crippen LogP contribution in [0.25, 0.3) is 0 Å². The van der Waals surface area contributed by atoms with Crippen LogP contribution in [0.5, 0.6) is 0 Å². The van der Waals surface area contributed by atoms with Crippen LogP contribution in [0.4, 0.5) is 17.6 Å². The van der Waals surface area contributed by atoms with Crippen LogP contribution < -0.4 is 5.73 Å². The molecule has 0 amide bonds. The molecule has 0 aliphatic rings. The van der Waals surface area contributed by atoms with Gasteiger partial charge in [-0.15, -0.1) is 0 Å². The SMILES string of the molecule is CC(N)C(O)c1ccc(F)c(C(F)(F)F)c1. The zero-order chi connectivity index (χ0) is 12.5. The van der Waals surface area contributed by atoms with Crippen LogP contribution in [0.15, 0.2) is 18.2 Å². The zero-order valence-electron chi connectivity index (χ0n) is 8.42. The summed E-state index contributed by atoms with van der Waals surface area (Å²) in [6, 6.07) is 1.60. The van der Waals surface area contributed by atoms with Crippen molar-refractivity contribution in [3.63, 3.8) is 0 Å². The fourth-order valence-corrected chi connectivity index (χ4v) is 1.25. The fourth-order valence-electron chi connectivity index (χ4n) is 1.25. The minimum Gasteiger partial charge on any atom is -0.387 e. The molecule has 0 aromatic heterocycles. The van der Waals surface area contributed by atoms with Crippen LogP contribution in [0.3, 0.4) is 0 Å². The summed E-state index contributed by atoms with van der Waals surface area (Å²) in [6.07, 6.45) is -6.03. The summed E-state index contributed by atoms with van der Waals surface area (Å²) in [5.41, 5.74) is 3.89. The minimum absolute atomic E-state index is 0.0521. The third kappa shape index (κ3) is 2.70. The van der Waals surface area contributed by atoms with E-state index >= 15 is 0 Å². The van der Waals surface area contributed by atoms with Crippen molar-refractivity contribution in [3.8, 4) is 0 Å². The summed E-state index contributed by atoms with van der Waals surface area (Å²) in [4.78, 5) is 0. The number of aliphatic hydroxyl groups is 1. The molecule has 1 rings (SSSR count). The normalized spacial score (nSPS) is 15.9. The van der Waals surface area contributed by atoms with E-state index < -0.39 is 29.7 Å². The van der Waals surface area contributed by atoms with E-state index in [1.54, 1.807) is 0 Å². The predicted octanol–water partition coefficient (Wildman–Crippen LogP) is 2.23. The first-order chi connectivity index (χ1) is 7.23. The molecule has 2 unspecified atom stereocenters. The van der Waals surface area contributed by atoms with Gasteiger partial charge >= 0.3 is 6.18 Å². The Kier molecular flexibility index (Phi) is 3.54. The van der Waals surface area contributed by atoms with E-state index in [1.165, 1.54) is 6.92 Å². The summed E-state index contributed by atoms with van der Waals surface area (Å²) in [6.45, 7) is 1.45. The van der Waals surface area contributed by atoms with Crippen molar-refractivity contribution in [3.05, 3.63) is 35.1 Å². The molecule has 2 nitrogen and oxygen atoms in total. The Balaban J connectivity index is 3.18. The first kappa shape index (κ1) is 12.9. The Hall–Kier alpha value is -1.14. The number of benzene rings is 1. The molecule has 6 heteroatoms. The Morgan fingerprint density at radius 3 is 2.31 bits per heavy atom. The van der Waals surface area contributed by atoms with Gasteiger partial charge in [0.1, 0.15) is 5.82 Å². The maximum atomic E-state index is 12.9. The molecular formula is C10H11F4NO. The molecule has 90 valence electrons. The molecule has 0 saturated carbocycles. The third-order valence-corrected chi connectivity index (χ3v) is 2.14. The lowest BCUT2D eigenvalue weighted by Crippen LogP contribution is -2.24. The highest BCUT2D eigenvalue weighted by atomic mass is 19.4. The fraction of sp³-hybridized carbons (Fsp3) is 0.400. The number of halogens is 4. The van der Waals surface area contributed by atoms with Gasteiger partial charge in [-0.25, -0.2) is 4.39 Å². The van der Waals surface area contributed by atoms with E-state index in [2.05, 4.69) is 0 Å². The molecule has 1 aromatic rings. The van der Waals surface area contributed by atoms with Gasteiger partial charge in [-0.3, -0.25) is 0 Å². The van der Waals surface area contributed by atoms with E-state index in [0.29, 0.717) is 12.1 Å². The summed E-state index contributed by atoms with van der Waals surface area (Å²) in [7, 11) is 0. The van der Waals surface area contributed by atoms with Gasteiger partial charge in [0, 0.05) is 6.04 Å². The quantitative estimate of drug-likeness (QED) is 0.775. The lowest BCUT2D eigenvalue weighted by atomic mass is 10.0. The van der Waals surface area contributed by atoms with Crippen molar-refractivity contribution >= 4 is 0 Å². The monoisotopic (exact) mass is 237 g/mol. The number of hydrogen-bond acceptors (Lipinski definition) is 2. The summed E-state index contributed by atoms with van der Waals surface area (Å²) >= 11 is 0. The van der Waals surface area contributed by atoms with Crippen molar-refractivity contribution in [2.45, 2.75) is 25.2 Å². The molecule has 0 spiro atoms. The first-order valence-corrected chi connectivity index (χ1v) is 4.53. The molecule has 0 saturated heterocycles. The lowest BCUT2D eigenvalue weighted by Gasteiger charge is -2.17. The number of nitrogens with two attached hydrogens (primary N) is 1. The summed E-state index contributed by atoms with van der Waals surface area (Å²) in [5, 5.41) is 9.46. The van der Waals surface area contributed by atoms with Gasteiger partial charge in [-0.2, -0.15) is 13.2 Å². The number of hydrogen-bond donors (Lipinski definition) is 2. The Morgan fingerprint density at radius 2 is 1.88 bits per heavy atom. The standard InChI is InChI=1S/C10H11F4NO/c1-5(15)9(16)6-2-3-8(11)7(4-6)10(12,13)14/h2-5,9,16H,15H2,1H3. The van der Waals surface area contributed by atoms with E-state index in [-0.39, 0.29) is 5.56 Å². The highest BCUT2D eigenvalue weighted by molar-refractivity contribution is 5.29. The molecule has 3 N–H and O–H groups in total. The minimum atomic E-state index is -4.78. The van der Waals surface area contributed by atoms with Crippen molar-refractivity contribution in [2.24, 2.45) is 5.73 Å². The Morgan fingerprint density at radius 1 is 1.31 bits per heavy atom. The highest BCUT2D eigenvalue weighted by Gasteiger charge is 2.34. The maximum Gasteiger partial charge on any atom is 0.419 e. The second kappa shape index (κ2) is 4.39. The van der Waals surface area contributed by atoms with Gasteiger partial charge < -0.3 is 10.8 Å². The van der Waals surface area contributed by atoms with E-state index in [4.69, 9.17) is 5.73 Å². The van der Waals surface area contributed by atoms with Crippen LogP contribution in [0.2, 0.25) is 0 Å².